The number of hydrogen-bond acceptors (Lipinski definition) is 4. The summed E-state index contributed by atoms with van der Waals surface area (Å²) in [4.78, 5) is 0. The van der Waals surface area contributed by atoms with Gasteiger partial charge in [-0.05, 0) is 5.56 Å². The summed E-state index contributed by atoms with van der Waals surface area (Å²) in [6.45, 7) is 0. The zero-order valence-corrected chi connectivity index (χ0v) is 8.75. The molecule has 0 bridgehead atoms. The predicted octanol–water partition coefficient (Wildman–Crippen LogP) is -0.195. The molecule has 0 heterocycles. The number of benzene rings is 1. The third-order valence-electron chi connectivity index (χ3n) is 1.54. The third kappa shape index (κ3) is 2.53. The largest absolute Gasteiger partial charge is 0.315 e. The summed E-state index contributed by atoms with van der Waals surface area (Å²) >= 11 is 0. The van der Waals surface area contributed by atoms with Crippen LogP contribution >= 0.6 is 0 Å². The molecule has 0 aliphatic rings. The van der Waals surface area contributed by atoms with Crippen molar-refractivity contribution in [3.8, 4) is 0 Å². The molecule has 1 aromatic carbocycles. The smallest absolute Gasteiger partial charge is 0.216 e. The van der Waals surface area contributed by atoms with Crippen molar-refractivity contribution in [3.05, 3.63) is 35.9 Å². The van der Waals surface area contributed by atoms with Gasteiger partial charge in [-0.1, -0.05) is 30.3 Å². The van der Waals surface area contributed by atoms with Crippen molar-refractivity contribution in [2.75, 3.05) is 0 Å². The minimum Gasteiger partial charge on any atom is -0.216 e. The van der Waals surface area contributed by atoms with Crippen molar-refractivity contribution in [1.29, 1.82) is 0 Å². The molecule has 0 spiro atoms. The molecular weight excluding hydrogens is 226 g/mol. The Hall–Kier alpha value is -0.920. The number of hydrogen-bond donors (Lipinski definition) is 1. The molecule has 5 nitrogen and oxygen atoms in total. The standard InChI is InChI=1S/C7H9NO4S2/c8-14(11,12)13(9,10)6-7-4-2-1-3-5-7/h1-5H,6H2,(H2,8,11,12). The lowest BCUT2D eigenvalue weighted by Gasteiger charge is -2.00. The Morgan fingerprint density at radius 1 is 1.00 bits per heavy atom. The number of nitrogens with two attached hydrogens (primary N) is 1. The normalized spacial score (nSPS) is 12.6. The molecule has 0 aliphatic carbocycles. The summed E-state index contributed by atoms with van der Waals surface area (Å²) < 4.78 is 43.5. The summed E-state index contributed by atoms with van der Waals surface area (Å²) in [5.41, 5.74) is 0.390. The van der Waals surface area contributed by atoms with E-state index in [1.54, 1.807) is 18.2 Å². The second-order valence-corrected chi connectivity index (χ2v) is 7.99. The summed E-state index contributed by atoms with van der Waals surface area (Å²) in [6.07, 6.45) is 0. The van der Waals surface area contributed by atoms with E-state index < -0.39 is 23.7 Å². The fourth-order valence-corrected chi connectivity index (χ4v) is 2.53. The van der Waals surface area contributed by atoms with Crippen LogP contribution in [0, 0.1) is 0 Å². The van der Waals surface area contributed by atoms with Gasteiger partial charge in [0.05, 0.1) is 5.75 Å². The maximum Gasteiger partial charge on any atom is 0.315 e. The number of rotatable bonds is 3. The molecule has 0 radical (unpaired) electrons. The van der Waals surface area contributed by atoms with E-state index in [0.29, 0.717) is 5.56 Å². The van der Waals surface area contributed by atoms with Crippen molar-refractivity contribution >= 4 is 17.9 Å². The van der Waals surface area contributed by atoms with E-state index in [1.807, 2.05) is 0 Å². The molecule has 1 rings (SSSR count). The van der Waals surface area contributed by atoms with E-state index in [2.05, 4.69) is 5.14 Å². The molecule has 0 atom stereocenters. The van der Waals surface area contributed by atoms with Gasteiger partial charge in [0, 0.05) is 0 Å². The van der Waals surface area contributed by atoms with Crippen LogP contribution in [0.4, 0.5) is 0 Å². The van der Waals surface area contributed by atoms with E-state index in [-0.39, 0.29) is 0 Å². The molecule has 0 aliphatic heterocycles. The minimum absolute atomic E-state index is 0.390. The van der Waals surface area contributed by atoms with E-state index >= 15 is 0 Å². The minimum atomic E-state index is -4.53. The van der Waals surface area contributed by atoms with Crippen LogP contribution in [0.15, 0.2) is 30.3 Å². The first-order valence-electron chi connectivity index (χ1n) is 3.62. The monoisotopic (exact) mass is 235 g/mol. The fourth-order valence-electron chi connectivity index (χ4n) is 0.860. The van der Waals surface area contributed by atoms with Crippen LogP contribution in [0.1, 0.15) is 5.56 Å². The molecule has 14 heavy (non-hydrogen) atoms. The quantitative estimate of drug-likeness (QED) is 0.734. The molecule has 0 amide bonds. The van der Waals surface area contributed by atoms with Crippen molar-refractivity contribution in [2.24, 2.45) is 5.14 Å². The Labute approximate surface area is 81.9 Å². The van der Waals surface area contributed by atoms with Crippen LogP contribution in [0.5, 0.6) is 0 Å². The first kappa shape index (κ1) is 11.2. The lowest BCUT2D eigenvalue weighted by atomic mass is 10.2. The third-order valence-corrected chi connectivity index (χ3v) is 5.41. The van der Waals surface area contributed by atoms with E-state index in [1.165, 1.54) is 12.1 Å². The first-order valence-corrected chi connectivity index (χ1v) is 7.34. The highest BCUT2D eigenvalue weighted by Gasteiger charge is 2.25. The Morgan fingerprint density at radius 2 is 1.50 bits per heavy atom. The van der Waals surface area contributed by atoms with Gasteiger partial charge in [0.1, 0.15) is 0 Å². The van der Waals surface area contributed by atoms with Gasteiger partial charge in [-0.25, -0.2) is 13.6 Å². The predicted molar refractivity (Wildman–Crippen MR) is 52.2 cm³/mol. The Morgan fingerprint density at radius 3 is 1.93 bits per heavy atom. The summed E-state index contributed by atoms with van der Waals surface area (Å²) in [5.74, 6) is -0.591. The van der Waals surface area contributed by atoms with Gasteiger partial charge in [-0.3, -0.25) is 0 Å². The summed E-state index contributed by atoms with van der Waals surface area (Å²) in [5, 5.41) is 4.55. The van der Waals surface area contributed by atoms with Gasteiger partial charge in [0.25, 0.3) is 8.87 Å². The molecular formula is C7H9NO4S2. The second-order valence-electron chi connectivity index (χ2n) is 2.68. The molecule has 7 heteroatoms. The molecule has 0 unspecified atom stereocenters. The molecule has 0 aromatic heterocycles. The molecule has 78 valence electrons. The van der Waals surface area contributed by atoms with E-state index in [0.717, 1.165) is 0 Å². The molecule has 0 saturated heterocycles. The zero-order chi connectivity index (χ0) is 10.8. The highest BCUT2D eigenvalue weighted by Crippen LogP contribution is 2.08. The lowest BCUT2D eigenvalue weighted by molar-refractivity contribution is 0.583. The topological polar surface area (TPSA) is 94.3 Å². The highest BCUT2D eigenvalue weighted by atomic mass is 33.2. The van der Waals surface area contributed by atoms with Gasteiger partial charge < -0.3 is 0 Å². The zero-order valence-electron chi connectivity index (χ0n) is 7.12. The van der Waals surface area contributed by atoms with Gasteiger partial charge in [-0.15, -0.1) is 0 Å². The summed E-state index contributed by atoms with van der Waals surface area (Å²) in [7, 11) is -8.83. The fraction of sp³-hybridized carbons (Fsp3) is 0.143. The maximum absolute atomic E-state index is 11.1. The van der Waals surface area contributed by atoms with Crippen LogP contribution in [-0.4, -0.2) is 16.8 Å². The maximum atomic E-state index is 11.1. The highest BCUT2D eigenvalue weighted by molar-refractivity contribution is 8.66. The van der Waals surface area contributed by atoms with Crippen LogP contribution in [0.2, 0.25) is 0 Å². The van der Waals surface area contributed by atoms with Crippen LogP contribution in [0.3, 0.4) is 0 Å². The molecule has 0 fully saturated rings. The van der Waals surface area contributed by atoms with Gasteiger partial charge in [-0.2, -0.15) is 8.42 Å². The SMILES string of the molecule is NS(=O)(=O)S(=O)(=O)Cc1ccccc1. The average Bonchev–Trinajstić information content (AvgIpc) is 2.03. The van der Waals surface area contributed by atoms with E-state index in [9.17, 15) is 16.8 Å². The van der Waals surface area contributed by atoms with Crippen LogP contribution in [0.25, 0.3) is 0 Å². The Kier molecular flexibility index (Phi) is 2.93. The van der Waals surface area contributed by atoms with Crippen LogP contribution < -0.4 is 5.14 Å². The first-order chi connectivity index (χ1) is 6.33. The second kappa shape index (κ2) is 3.68. The van der Waals surface area contributed by atoms with Gasteiger partial charge in [0.15, 0.2) is 0 Å². The summed E-state index contributed by atoms with van der Waals surface area (Å²) in [6, 6.07) is 7.97. The van der Waals surface area contributed by atoms with Crippen molar-refractivity contribution in [2.45, 2.75) is 5.75 Å². The molecule has 1 aromatic rings. The Balaban J connectivity index is 3.03. The van der Waals surface area contributed by atoms with Crippen LogP contribution in [-0.2, 0) is 23.7 Å². The van der Waals surface area contributed by atoms with E-state index in [4.69, 9.17) is 0 Å². The van der Waals surface area contributed by atoms with Gasteiger partial charge >= 0.3 is 9.06 Å². The average molecular weight is 235 g/mol. The van der Waals surface area contributed by atoms with Crippen molar-refractivity contribution in [1.82, 2.24) is 0 Å². The van der Waals surface area contributed by atoms with Crippen molar-refractivity contribution < 1.29 is 16.8 Å². The molecule has 2 N–H and O–H groups in total. The van der Waals surface area contributed by atoms with Crippen molar-refractivity contribution in [3.63, 3.8) is 0 Å². The molecule has 0 saturated carbocycles. The Bertz CT molecular complexity index is 504. The van der Waals surface area contributed by atoms with Gasteiger partial charge in [0.2, 0.25) is 0 Å². The lowest BCUT2D eigenvalue weighted by Crippen LogP contribution is -2.25.